The van der Waals surface area contributed by atoms with Gasteiger partial charge in [0.2, 0.25) is 18.1 Å². The highest BCUT2D eigenvalue weighted by molar-refractivity contribution is 6.13. The maximum Gasteiger partial charge on any atom is 0.407 e. The fraction of sp³-hybridized carbons (Fsp3) is 0.544. The summed E-state index contributed by atoms with van der Waals surface area (Å²) in [7, 11) is 0. The summed E-state index contributed by atoms with van der Waals surface area (Å²) in [6.07, 6.45) is -6.76. The van der Waals surface area contributed by atoms with Crippen LogP contribution in [0.15, 0.2) is 78.4 Å². The number of nitrogens with one attached hydrogen (secondary N) is 3. The van der Waals surface area contributed by atoms with Crippen LogP contribution < -0.4 is 20.7 Å². The number of hydrogen-bond donors (Lipinski definition) is 9. The van der Waals surface area contributed by atoms with Gasteiger partial charge < -0.3 is 70.3 Å². The number of aliphatic hydroxyl groups is 5. The molecule has 9 N–H and O–H groups in total. The van der Waals surface area contributed by atoms with Crippen LogP contribution in [0.1, 0.15) is 88.2 Å². The van der Waals surface area contributed by atoms with E-state index in [-0.39, 0.29) is 79.3 Å². The number of fused-ring (bicyclic) bond motifs is 7. The van der Waals surface area contributed by atoms with Crippen LogP contribution in [0, 0.1) is 28.6 Å². The highest BCUT2D eigenvalue weighted by Gasteiger charge is 2.76. The first-order valence-corrected chi connectivity index (χ1v) is 27.1. The zero-order chi connectivity index (χ0) is 58.8. The number of carbonyl (C=O) groups is 8. The first kappa shape index (κ1) is 58.4. The van der Waals surface area contributed by atoms with E-state index >= 15 is 0 Å². The van der Waals surface area contributed by atoms with E-state index in [1.54, 1.807) is 36.4 Å². The summed E-state index contributed by atoms with van der Waals surface area (Å²) in [5.41, 5.74) is -2.54. The molecule has 25 heteroatoms. The minimum atomic E-state index is -3.13. The van der Waals surface area contributed by atoms with Crippen LogP contribution in [0.25, 0.3) is 0 Å². The topological polar surface area (TPSA) is 343 Å². The predicted molar refractivity (Wildman–Crippen MR) is 275 cm³/mol. The Bertz CT molecular complexity index is 3020. The average molecular weight is 1150 g/mol. The third kappa shape index (κ3) is 10.6. The number of Topliss-reactive ketones (excluding diaryl/α,β-unsaturated/α-hetero) is 1. The van der Waals surface area contributed by atoms with E-state index in [1.807, 2.05) is 19.9 Å². The van der Waals surface area contributed by atoms with E-state index < -0.39 is 145 Å². The SMILES string of the molecule is C[C@]12C=CC(=O)C=C1CC[C@@H]1[C@@H]2[C@@H](O)C[C@@]2(C)[C@H]1C[C@H]1O[C@@H](c3ccc(CC4(NC(=O)OCc5ccc(O[C@@H]6O[C@H](C(=O)O)[C@@H](O)[C@H](O)[C@H]6O)c(NC(=O)CCNC(=O)CCN6C(=O)C=CC6=O)c5)CC(F)(F)C4)cc3)O[C@]12C(=O)CO. The zero-order valence-corrected chi connectivity index (χ0v) is 44.7. The number of aliphatic hydroxyl groups excluding tert-OH is 5. The highest BCUT2D eigenvalue weighted by Crippen LogP contribution is 2.70. The molecule has 2 aromatic carbocycles. The highest BCUT2D eigenvalue weighted by atomic mass is 19.3. The first-order chi connectivity index (χ1) is 38.8. The van der Waals surface area contributed by atoms with Gasteiger partial charge in [-0.2, -0.15) is 0 Å². The number of nitrogens with zero attached hydrogens (tertiary/aromatic N) is 1. The van der Waals surface area contributed by atoms with E-state index in [0.717, 1.165) is 22.6 Å². The second kappa shape index (κ2) is 22.1. The second-order valence-electron chi connectivity index (χ2n) is 23.2. The van der Waals surface area contributed by atoms with Crippen molar-refractivity contribution in [1.29, 1.82) is 0 Å². The molecule has 14 atom stereocenters. The van der Waals surface area contributed by atoms with Gasteiger partial charge in [-0.1, -0.05) is 55.8 Å². The van der Waals surface area contributed by atoms with E-state index in [2.05, 4.69) is 16.0 Å². The normalized spacial score (nSPS) is 34.6. The van der Waals surface area contributed by atoms with Crippen LogP contribution in [0.2, 0.25) is 0 Å². The lowest BCUT2D eigenvalue weighted by Crippen LogP contribution is -2.63. The predicted octanol–water partition coefficient (Wildman–Crippen LogP) is 1.96. The minimum absolute atomic E-state index is 0.0442. The molecule has 82 heavy (non-hydrogen) atoms. The van der Waals surface area contributed by atoms with Gasteiger partial charge in [0.15, 0.2) is 29.6 Å². The number of rotatable bonds is 18. The van der Waals surface area contributed by atoms with Gasteiger partial charge in [-0.15, -0.1) is 0 Å². The summed E-state index contributed by atoms with van der Waals surface area (Å²) in [5, 5.41) is 70.8. The molecule has 2 aromatic rings. The van der Waals surface area contributed by atoms with Gasteiger partial charge in [0.05, 0.1) is 23.4 Å². The van der Waals surface area contributed by atoms with Crippen LogP contribution in [0.5, 0.6) is 5.75 Å². The molecule has 0 unspecified atom stereocenters. The lowest BCUT2D eigenvalue weighted by molar-refractivity contribution is -0.271. The number of imide groups is 1. The number of carboxylic acids is 1. The number of aliphatic carboxylic acids is 1. The number of benzene rings is 2. The number of amides is 5. The number of ether oxygens (including phenoxy) is 5. The van der Waals surface area contributed by atoms with Crippen molar-refractivity contribution >= 4 is 52.9 Å². The lowest BCUT2D eigenvalue weighted by Gasteiger charge is -2.59. The van der Waals surface area contributed by atoms with Gasteiger partial charge >= 0.3 is 12.1 Å². The molecule has 2 saturated heterocycles. The monoisotopic (exact) mass is 1150 g/mol. The first-order valence-electron chi connectivity index (χ1n) is 27.1. The molecule has 5 amide bonds. The molecule has 3 heterocycles. The van der Waals surface area contributed by atoms with E-state index in [0.29, 0.717) is 30.4 Å². The molecule has 4 saturated carbocycles. The summed E-state index contributed by atoms with van der Waals surface area (Å²) in [4.78, 5) is 102. The van der Waals surface area contributed by atoms with Crippen LogP contribution in [0.3, 0.4) is 0 Å². The number of alkyl halides is 2. The van der Waals surface area contributed by atoms with Gasteiger partial charge in [-0.3, -0.25) is 33.7 Å². The molecule has 5 aliphatic carbocycles. The Morgan fingerprint density at radius 2 is 1.57 bits per heavy atom. The van der Waals surface area contributed by atoms with Crippen LogP contribution in [-0.2, 0) is 65.5 Å². The Hall–Kier alpha value is -6.84. The quantitative estimate of drug-likeness (QED) is 0.0963. The Labute approximate surface area is 467 Å². The summed E-state index contributed by atoms with van der Waals surface area (Å²) in [6, 6.07) is 10.5. The molecule has 10 rings (SSSR count). The summed E-state index contributed by atoms with van der Waals surface area (Å²) < 4.78 is 59.3. The number of allylic oxidation sites excluding steroid dienone is 4. The number of halogens is 2. The zero-order valence-electron chi connectivity index (χ0n) is 44.7. The lowest BCUT2D eigenvalue weighted by atomic mass is 9.46. The molecule has 0 bridgehead atoms. The third-order valence-electron chi connectivity index (χ3n) is 18.0. The molecular weight excluding hydrogens is 1080 g/mol. The van der Waals surface area contributed by atoms with Gasteiger partial charge in [-0.05, 0) is 79.4 Å². The van der Waals surface area contributed by atoms with Crippen LogP contribution in [-0.4, -0.2) is 162 Å². The van der Waals surface area contributed by atoms with Gasteiger partial charge in [0.25, 0.3) is 17.7 Å². The van der Waals surface area contributed by atoms with Crippen molar-refractivity contribution in [3.8, 4) is 5.75 Å². The summed E-state index contributed by atoms with van der Waals surface area (Å²) in [6.45, 7) is 2.21. The molecule has 6 fully saturated rings. The average Bonchev–Trinajstić information content (AvgIpc) is 2.07. The van der Waals surface area contributed by atoms with Crippen molar-refractivity contribution in [3.05, 3.63) is 95.1 Å². The van der Waals surface area contributed by atoms with Crippen molar-refractivity contribution in [2.45, 2.75) is 145 Å². The van der Waals surface area contributed by atoms with E-state index in [4.69, 9.17) is 23.7 Å². The number of anilines is 1. The molecule has 8 aliphatic rings. The van der Waals surface area contributed by atoms with E-state index in [1.165, 1.54) is 18.2 Å². The number of hydrogen-bond acceptors (Lipinski definition) is 18. The summed E-state index contributed by atoms with van der Waals surface area (Å²) >= 11 is 0. The molecule has 0 aromatic heterocycles. The molecule has 3 aliphatic heterocycles. The molecular formula is C57H64F2N4O19. The van der Waals surface area contributed by atoms with Crippen LogP contribution >= 0.6 is 0 Å². The fourth-order valence-corrected chi connectivity index (χ4v) is 14.2. The molecule has 23 nitrogen and oxygen atoms in total. The fourth-order valence-electron chi connectivity index (χ4n) is 14.2. The van der Waals surface area contributed by atoms with Crippen molar-refractivity contribution in [2.75, 3.05) is 25.0 Å². The van der Waals surface area contributed by atoms with Crippen molar-refractivity contribution < 1.29 is 101 Å². The van der Waals surface area contributed by atoms with Crippen molar-refractivity contribution in [2.24, 2.45) is 28.6 Å². The molecule has 0 spiro atoms. The smallest absolute Gasteiger partial charge is 0.407 e. The van der Waals surface area contributed by atoms with Crippen molar-refractivity contribution in [3.63, 3.8) is 0 Å². The number of carbonyl (C=O) groups excluding carboxylic acids is 7. The Morgan fingerprint density at radius 1 is 0.866 bits per heavy atom. The van der Waals surface area contributed by atoms with Crippen molar-refractivity contribution in [1.82, 2.24) is 15.5 Å². The maximum atomic E-state index is 14.8. The second-order valence-corrected chi connectivity index (χ2v) is 23.2. The third-order valence-corrected chi connectivity index (χ3v) is 18.0. The molecule has 440 valence electrons. The Balaban J connectivity index is 0.788. The minimum Gasteiger partial charge on any atom is -0.479 e. The summed E-state index contributed by atoms with van der Waals surface area (Å²) in [5.74, 6) is -8.59. The standard InChI is InChI=1S/C57H64F2N4O19/c1-53-16-13-32(65)20-31(53)8-9-33-34-21-39-57(38(67)24-64,54(34,2)23-36(66)44(33)53)82-50(80-39)30-6-3-28(4-7-30)22-55(26-56(58,59)27-55)62-52(77)78-25-29-5-10-37(79-51-47(74)45(72)46(73)48(81-51)49(75)76)35(19-29)61-41(69)14-17-60-40(68)15-18-63-42(70)11-12-43(63)71/h3-7,10-13,16,19-20,33-34,36,39,44-48,50-51,64,66,72-74H,8-9,14-15,17-18,21-27H2,1-2H3,(H,60,68)(H,61,69)(H,62,77)(H,75,76)/t33-,34-,36-,39+,44+,45-,46-,47+,48-,50+,51+,53-,54-,57+/m0/s1. The van der Waals surface area contributed by atoms with Gasteiger partial charge in [-0.25, -0.2) is 18.4 Å². The Kier molecular flexibility index (Phi) is 15.7. The number of alkyl carbamates (subject to hydrolysis) is 1. The van der Waals surface area contributed by atoms with Gasteiger partial charge in [0, 0.05) is 73.2 Å². The van der Waals surface area contributed by atoms with E-state index in [9.17, 15) is 77.8 Å². The number of ketones is 2. The van der Waals surface area contributed by atoms with Gasteiger partial charge in [0.1, 0.15) is 37.3 Å². The molecule has 0 radical (unpaired) electrons. The maximum absolute atomic E-state index is 14.8. The largest absolute Gasteiger partial charge is 0.479 e. The Morgan fingerprint density at radius 3 is 2.26 bits per heavy atom. The number of carboxylic acid groups (broad SMARTS) is 1. The van der Waals surface area contributed by atoms with Crippen LogP contribution in [0.4, 0.5) is 19.3 Å².